The fourth-order valence-corrected chi connectivity index (χ4v) is 5.24. The lowest BCUT2D eigenvalue weighted by Crippen LogP contribution is -2.59. The summed E-state index contributed by atoms with van der Waals surface area (Å²) in [6, 6.07) is 8.43. The molecule has 3 rings (SSSR count). The normalized spacial score (nSPS) is 24.8. The van der Waals surface area contributed by atoms with Crippen LogP contribution in [0.25, 0.3) is 11.3 Å². The molecule has 1 aromatic heterocycles. The van der Waals surface area contributed by atoms with Crippen molar-refractivity contribution in [1.29, 1.82) is 0 Å². The molecular formula is C17H23N3O3S. The van der Waals surface area contributed by atoms with E-state index in [4.69, 9.17) is 10.3 Å². The minimum absolute atomic E-state index is 0.187. The number of benzene rings is 1. The van der Waals surface area contributed by atoms with E-state index in [0.29, 0.717) is 11.3 Å². The van der Waals surface area contributed by atoms with Gasteiger partial charge in [0.1, 0.15) is 0 Å². The molecule has 3 N–H and O–H groups in total. The molecule has 6 nitrogen and oxygen atoms in total. The van der Waals surface area contributed by atoms with Crippen LogP contribution in [0.3, 0.4) is 0 Å². The molecule has 1 fully saturated rings. The highest BCUT2D eigenvalue weighted by Gasteiger charge is 2.41. The van der Waals surface area contributed by atoms with Gasteiger partial charge < -0.3 is 10.3 Å². The van der Waals surface area contributed by atoms with Gasteiger partial charge in [-0.05, 0) is 30.9 Å². The Hall–Kier alpha value is -1.70. The van der Waals surface area contributed by atoms with Crippen molar-refractivity contribution in [3.05, 3.63) is 36.5 Å². The van der Waals surface area contributed by atoms with Crippen LogP contribution in [0, 0.1) is 5.92 Å². The lowest BCUT2D eigenvalue weighted by atomic mass is 9.74. The van der Waals surface area contributed by atoms with E-state index in [1.54, 1.807) is 30.3 Å². The molecule has 0 amide bonds. The minimum Gasteiger partial charge on any atom is -0.356 e. The number of aromatic nitrogens is 1. The third kappa shape index (κ3) is 3.11. The van der Waals surface area contributed by atoms with E-state index in [0.717, 1.165) is 25.7 Å². The molecule has 1 aliphatic carbocycles. The van der Waals surface area contributed by atoms with Crippen LogP contribution in [-0.4, -0.2) is 25.7 Å². The molecule has 1 aliphatic rings. The van der Waals surface area contributed by atoms with E-state index in [1.165, 1.54) is 6.20 Å². The van der Waals surface area contributed by atoms with Gasteiger partial charge in [0.05, 0.1) is 11.1 Å². The van der Waals surface area contributed by atoms with Crippen LogP contribution in [-0.2, 0) is 10.0 Å². The van der Waals surface area contributed by atoms with Gasteiger partial charge in [-0.25, -0.2) is 13.1 Å². The van der Waals surface area contributed by atoms with Crippen LogP contribution in [0.2, 0.25) is 0 Å². The average molecular weight is 349 g/mol. The van der Waals surface area contributed by atoms with Crippen LogP contribution in [0.1, 0.15) is 32.6 Å². The van der Waals surface area contributed by atoms with Crippen molar-refractivity contribution in [3.8, 4) is 11.3 Å². The Kier molecular flexibility index (Phi) is 4.76. The fourth-order valence-electron chi connectivity index (χ4n) is 3.49. The van der Waals surface area contributed by atoms with Gasteiger partial charge >= 0.3 is 0 Å². The number of sulfonamides is 1. The van der Waals surface area contributed by atoms with Gasteiger partial charge in [-0.1, -0.05) is 37.1 Å². The summed E-state index contributed by atoms with van der Waals surface area (Å²) >= 11 is 0. The summed E-state index contributed by atoms with van der Waals surface area (Å²) in [7, 11) is -3.74. The monoisotopic (exact) mass is 349 g/mol. The molecule has 0 bridgehead atoms. The number of rotatable bonds is 5. The van der Waals surface area contributed by atoms with Gasteiger partial charge in [0.2, 0.25) is 10.0 Å². The zero-order valence-corrected chi connectivity index (χ0v) is 14.6. The maximum atomic E-state index is 13.1. The number of nitrogens with two attached hydrogens (primary N) is 1. The van der Waals surface area contributed by atoms with E-state index < -0.39 is 15.6 Å². The molecule has 1 aromatic carbocycles. The van der Waals surface area contributed by atoms with E-state index in [9.17, 15) is 8.42 Å². The SMILES string of the molecule is CC1CCCCC1(CN)NS(=O)(=O)c1ccccc1-c1ccno1. The van der Waals surface area contributed by atoms with E-state index >= 15 is 0 Å². The Morgan fingerprint density at radius 1 is 1.33 bits per heavy atom. The smallest absolute Gasteiger partial charge is 0.241 e. The van der Waals surface area contributed by atoms with Crippen molar-refractivity contribution < 1.29 is 12.9 Å². The minimum atomic E-state index is -3.74. The third-order valence-corrected chi connectivity index (χ3v) is 6.65. The first kappa shape index (κ1) is 17.1. The van der Waals surface area contributed by atoms with Crippen molar-refractivity contribution in [2.24, 2.45) is 11.7 Å². The second kappa shape index (κ2) is 6.66. The second-order valence-electron chi connectivity index (χ2n) is 6.49. The first-order valence-electron chi connectivity index (χ1n) is 8.23. The topological polar surface area (TPSA) is 98.2 Å². The van der Waals surface area contributed by atoms with Crippen molar-refractivity contribution in [1.82, 2.24) is 9.88 Å². The van der Waals surface area contributed by atoms with Gasteiger partial charge in [0.25, 0.3) is 0 Å². The first-order chi connectivity index (χ1) is 11.5. The lowest BCUT2D eigenvalue weighted by molar-refractivity contribution is 0.191. The number of hydrogen-bond donors (Lipinski definition) is 2. The molecule has 1 heterocycles. The Morgan fingerprint density at radius 3 is 2.79 bits per heavy atom. The maximum absolute atomic E-state index is 13.1. The molecule has 0 spiro atoms. The van der Waals surface area contributed by atoms with Gasteiger partial charge in [-0.3, -0.25) is 0 Å². The van der Waals surface area contributed by atoms with Crippen LogP contribution < -0.4 is 10.5 Å². The van der Waals surface area contributed by atoms with Gasteiger partial charge in [-0.15, -0.1) is 0 Å². The summed E-state index contributed by atoms with van der Waals surface area (Å²) in [5.74, 6) is 0.623. The van der Waals surface area contributed by atoms with Crippen LogP contribution in [0.4, 0.5) is 0 Å². The number of hydrogen-bond acceptors (Lipinski definition) is 5. The molecule has 130 valence electrons. The van der Waals surface area contributed by atoms with Gasteiger partial charge in [-0.2, -0.15) is 0 Å². The first-order valence-corrected chi connectivity index (χ1v) is 9.71. The van der Waals surface area contributed by atoms with Crippen molar-refractivity contribution in [2.45, 2.75) is 43.0 Å². The average Bonchev–Trinajstić information content (AvgIpc) is 3.11. The number of nitrogens with one attached hydrogen (secondary N) is 1. The molecule has 1 saturated carbocycles. The fraction of sp³-hybridized carbons (Fsp3) is 0.471. The van der Waals surface area contributed by atoms with Crippen molar-refractivity contribution in [3.63, 3.8) is 0 Å². The highest BCUT2D eigenvalue weighted by Crippen LogP contribution is 2.35. The van der Waals surface area contributed by atoms with Gasteiger partial charge in [0, 0.05) is 23.7 Å². The summed E-state index contributed by atoms with van der Waals surface area (Å²) in [6.07, 6.45) is 5.32. The van der Waals surface area contributed by atoms with E-state index in [-0.39, 0.29) is 17.4 Å². The summed E-state index contributed by atoms with van der Waals surface area (Å²) in [4.78, 5) is 0.187. The molecule has 2 unspecified atom stereocenters. The van der Waals surface area contributed by atoms with Crippen molar-refractivity contribution >= 4 is 10.0 Å². The standard InChI is InChI=1S/C17H23N3O3S/c1-13-6-4-5-10-17(13,12-18)20-24(21,22)16-8-3-2-7-14(16)15-9-11-19-23-15/h2-3,7-9,11,13,20H,4-6,10,12,18H2,1H3. The highest BCUT2D eigenvalue weighted by atomic mass is 32.2. The lowest BCUT2D eigenvalue weighted by Gasteiger charge is -2.42. The zero-order chi connectivity index (χ0) is 17.2. The molecule has 7 heteroatoms. The quantitative estimate of drug-likeness (QED) is 0.864. The Morgan fingerprint density at radius 2 is 2.12 bits per heavy atom. The van der Waals surface area contributed by atoms with E-state index in [2.05, 4.69) is 16.8 Å². The molecule has 2 atom stereocenters. The van der Waals surface area contributed by atoms with Crippen LogP contribution >= 0.6 is 0 Å². The third-order valence-electron chi connectivity index (χ3n) is 5.04. The molecular weight excluding hydrogens is 326 g/mol. The maximum Gasteiger partial charge on any atom is 0.241 e. The highest BCUT2D eigenvalue weighted by molar-refractivity contribution is 7.89. The molecule has 0 saturated heterocycles. The summed E-state index contributed by atoms with van der Waals surface area (Å²) in [5.41, 5.74) is 5.90. The largest absolute Gasteiger partial charge is 0.356 e. The summed E-state index contributed by atoms with van der Waals surface area (Å²) < 4.78 is 34.3. The second-order valence-corrected chi connectivity index (χ2v) is 8.14. The number of nitrogens with zero attached hydrogens (tertiary/aromatic N) is 1. The Balaban J connectivity index is 2.00. The molecule has 0 aliphatic heterocycles. The Bertz CT molecular complexity index is 789. The summed E-state index contributed by atoms with van der Waals surface area (Å²) in [6.45, 7) is 2.36. The summed E-state index contributed by atoms with van der Waals surface area (Å²) in [5, 5.41) is 3.67. The van der Waals surface area contributed by atoms with Crippen LogP contribution in [0.5, 0.6) is 0 Å². The predicted octanol–water partition coefficient (Wildman–Crippen LogP) is 2.53. The molecule has 0 radical (unpaired) electrons. The zero-order valence-electron chi connectivity index (χ0n) is 13.7. The molecule has 24 heavy (non-hydrogen) atoms. The molecule has 2 aromatic rings. The van der Waals surface area contributed by atoms with Crippen molar-refractivity contribution in [2.75, 3.05) is 6.54 Å². The van der Waals surface area contributed by atoms with Crippen LogP contribution in [0.15, 0.2) is 45.9 Å². The Labute approximate surface area is 142 Å². The van der Waals surface area contributed by atoms with Gasteiger partial charge in [0.15, 0.2) is 5.76 Å². The predicted molar refractivity (Wildman–Crippen MR) is 91.7 cm³/mol. The van der Waals surface area contributed by atoms with E-state index in [1.807, 2.05) is 0 Å².